The Bertz CT molecular complexity index is 916. The Kier molecular flexibility index (Phi) is 5.62. The van der Waals surface area contributed by atoms with Crippen LogP contribution < -0.4 is 19.7 Å². The fourth-order valence-electron chi connectivity index (χ4n) is 2.80. The second-order valence-corrected chi connectivity index (χ2v) is 6.33. The van der Waals surface area contributed by atoms with E-state index in [2.05, 4.69) is 15.0 Å². The third kappa shape index (κ3) is 4.95. The maximum Gasteiger partial charge on any atom is 0.573 e. The van der Waals surface area contributed by atoms with Gasteiger partial charge in [0.1, 0.15) is 18.0 Å². The first-order chi connectivity index (χ1) is 13.7. The van der Waals surface area contributed by atoms with Crippen molar-refractivity contribution in [3.05, 3.63) is 42.1 Å². The van der Waals surface area contributed by atoms with Gasteiger partial charge < -0.3 is 14.8 Å². The standard InChI is InChI=1S/C19H18F3N3O4/c1-3-15(28-12-5-7-13(8-6-12)29-19(20,21)22)18(27)25-10-16(26)24-14-9-4-11(2)23-17(14)25/h4-9,15H,3,10H2,1-2H3,(H,24,26). The first kappa shape index (κ1) is 20.4. The maximum atomic E-state index is 13.0. The topological polar surface area (TPSA) is 80.8 Å². The second kappa shape index (κ2) is 7.98. The third-order valence-corrected chi connectivity index (χ3v) is 4.09. The van der Waals surface area contributed by atoms with Crippen molar-refractivity contribution in [1.82, 2.24) is 4.98 Å². The fraction of sp³-hybridized carbons (Fsp3) is 0.316. The molecule has 10 heteroatoms. The van der Waals surface area contributed by atoms with Gasteiger partial charge in [0.05, 0.1) is 5.69 Å². The van der Waals surface area contributed by atoms with E-state index in [1.165, 1.54) is 17.0 Å². The number of nitrogens with zero attached hydrogens (tertiary/aromatic N) is 2. The number of alkyl halides is 3. The van der Waals surface area contributed by atoms with Crippen LogP contribution in [-0.2, 0) is 9.59 Å². The van der Waals surface area contributed by atoms with Crippen LogP contribution in [0.1, 0.15) is 19.0 Å². The first-order valence-corrected chi connectivity index (χ1v) is 8.77. The van der Waals surface area contributed by atoms with Gasteiger partial charge in [0, 0.05) is 5.69 Å². The van der Waals surface area contributed by atoms with Gasteiger partial charge in [-0.1, -0.05) is 6.92 Å². The van der Waals surface area contributed by atoms with Crippen molar-refractivity contribution in [1.29, 1.82) is 0 Å². The van der Waals surface area contributed by atoms with E-state index in [1.807, 2.05) is 0 Å². The third-order valence-electron chi connectivity index (χ3n) is 4.09. The van der Waals surface area contributed by atoms with Gasteiger partial charge >= 0.3 is 6.36 Å². The lowest BCUT2D eigenvalue weighted by atomic mass is 10.2. The highest BCUT2D eigenvalue weighted by Gasteiger charge is 2.34. The molecule has 1 atom stereocenters. The number of halogens is 3. The van der Waals surface area contributed by atoms with Crippen LogP contribution in [-0.4, -0.2) is 35.8 Å². The van der Waals surface area contributed by atoms with E-state index >= 15 is 0 Å². The van der Waals surface area contributed by atoms with Crippen LogP contribution in [0.25, 0.3) is 0 Å². The number of aromatic nitrogens is 1. The zero-order valence-electron chi connectivity index (χ0n) is 15.6. The molecule has 3 rings (SSSR count). The van der Waals surface area contributed by atoms with Crippen molar-refractivity contribution in [3.8, 4) is 11.5 Å². The highest BCUT2D eigenvalue weighted by Crippen LogP contribution is 2.29. The fourth-order valence-corrected chi connectivity index (χ4v) is 2.80. The van der Waals surface area contributed by atoms with Crippen LogP contribution in [0.2, 0.25) is 0 Å². The zero-order chi connectivity index (χ0) is 21.2. The largest absolute Gasteiger partial charge is 0.573 e. The van der Waals surface area contributed by atoms with Crippen molar-refractivity contribution >= 4 is 23.3 Å². The molecule has 1 aliphatic rings. The van der Waals surface area contributed by atoms with Crippen molar-refractivity contribution < 1.29 is 32.2 Å². The Balaban J connectivity index is 1.78. The smallest absolute Gasteiger partial charge is 0.481 e. The molecule has 7 nitrogen and oxygen atoms in total. The number of hydrogen-bond acceptors (Lipinski definition) is 5. The summed E-state index contributed by atoms with van der Waals surface area (Å²) in [5.41, 5.74) is 1.09. The summed E-state index contributed by atoms with van der Waals surface area (Å²) in [6, 6.07) is 8.11. The van der Waals surface area contributed by atoms with Crippen LogP contribution in [0, 0.1) is 6.92 Å². The van der Waals surface area contributed by atoms with Gasteiger partial charge in [-0.25, -0.2) is 4.98 Å². The quantitative estimate of drug-likeness (QED) is 0.819. The normalized spacial score (nSPS) is 14.7. The molecule has 2 heterocycles. The predicted octanol–water partition coefficient (Wildman–Crippen LogP) is 3.43. The lowest BCUT2D eigenvalue weighted by molar-refractivity contribution is -0.274. The van der Waals surface area contributed by atoms with E-state index in [0.717, 1.165) is 12.1 Å². The number of aryl methyl sites for hydroxylation is 1. The van der Waals surface area contributed by atoms with Crippen molar-refractivity contribution in [2.45, 2.75) is 32.7 Å². The van der Waals surface area contributed by atoms with E-state index in [4.69, 9.17) is 4.74 Å². The van der Waals surface area contributed by atoms with Crippen LogP contribution in [0.3, 0.4) is 0 Å². The molecule has 0 saturated heterocycles. The monoisotopic (exact) mass is 409 g/mol. The number of amides is 2. The molecule has 1 aromatic heterocycles. The summed E-state index contributed by atoms with van der Waals surface area (Å²) in [6.45, 7) is 3.27. The molecule has 0 aliphatic carbocycles. The zero-order valence-corrected chi connectivity index (χ0v) is 15.6. The molecule has 1 aromatic carbocycles. The van der Waals surface area contributed by atoms with Gasteiger partial charge in [-0.3, -0.25) is 14.5 Å². The lowest BCUT2D eigenvalue weighted by Gasteiger charge is -2.31. The van der Waals surface area contributed by atoms with Gasteiger partial charge in [0.2, 0.25) is 5.91 Å². The summed E-state index contributed by atoms with van der Waals surface area (Å²) in [7, 11) is 0. The van der Waals surface area contributed by atoms with Gasteiger partial charge in [0.15, 0.2) is 11.9 Å². The van der Waals surface area contributed by atoms with Gasteiger partial charge in [0.25, 0.3) is 5.91 Å². The molecule has 0 spiro atoms. The molecule has 0 radical (unpaired) electrons. The van der Waals surface area contributed by atoms with Crippen molar-refractivity contribution in [3.63, 3.8) is 0 Å². The number of fused-ring (bicyclic) bond motifs is 1. The lowest BCUT2D eigenvalue weighted by Crippen LogP contribution is -2.48. The average molecular weight is 409 g/mol. The molecule has 154 valence electrons. The molecule has 29 heavy (non-hydrogen) atoms. The Morgan fingerprint density at radius 3 is 2.48 bits per heavy atom. The minimum absolute atomic E-state index is 0.193. The Morgan fingerprint density at radius 2 is 1.86 bits per heavy atom. The van der Waals surface area contributed by atoms with Crippen molar-refractivity contribution in [2.24, 2.45) is 0 Å². The SMILES string of the molecule is CCC(Oc1ccc(OC(F)(F)F)cc1)C(=O)N1CC(=O)Nc2ccc(C)nc21. The molecular formula is C19H18F3N3O4. The number of ether oxygens (including phenoxy) is 2. The summed E-state index contributed by atoms with van der Waals surface area (Å²) in [5, 5.41) is 2.66. The minimum Gasteiger partial charge on any atom is -0.481 e. The van der Waals surface area contributed by atoms with E-state index in [0.29, 0.717) is 17.2 Å². The number of benzene rings is 1. The molecule has 0 saturated carbocycles. The summed E-state index contributed by atoms with van der Waals surface area (Å²) < 4.78 is 46.2. The molecule has 1 unspecified atom stereocenters. The number of carbonyl (C=O) groups is 2. The van der Waals surface area contributed by atoms with E-state index < -0.39 is 24.1 Å². The summed E-state index contributed by atoms with van der Waals surface area (Å²) in [4.78, 5) is 30.6. The second-order valence-electron chi connectivity index (χ2n) is 6.33. The first-order valence-electron chi connectivity index (χ1n) is 8.77. The van der Waals surface area contributed by atoms with E-state index in [1.54, 1.807) is 26.0 Å². The molecule has 1 aliphatic heterocycles. The van der Waals surface area contributed by atoms with Crippen LogP contribution >= 0.6 is 0 Å². The maximum absolute atomic E-state index is 13.0. The number of pyridine rings is 1. The van der Waals surface area contributed by atoms with Gasteiger partial charge in [-0.15, -0.1) is 13.2 Å². The Labute approximate surface area is 164 Å². The summed E-state index contributed by atoms with van der Waals surface area (Å²) >= 11 is 0. The molecule has 1 N–H and O–H groups in total. The summed E-state index contributed by atoms with van der Waals surface area (Å²) in [5.74, 6) is -0.716. The molecule has 2 aromatic rings. The minimum atomic E-state index is -4.79. The van der Waals surface area contributed by atoms with Crippen molar-refractivity contribution in [2.75, 3.05) is 16.8 Å². The number of anilines is 2. The van der Waals surface area contributed by atoms with Gasteiger partial charge in [-0.2, -0.15) is 0 Å². The Morgan fingerprint density at radius 1 is 1.21 bits per heavy atom. The number of carbonyl (C=O) groups excluding carboxylic acids is 2. The molecule has 0 fully saturated rings. The number of hydrogen-bond donors (Lipinski definition) is 1. The highest BCUT2D eigenvalue weighted by molar-refractivity contribution is 6.10. The molecule has 0 bridgehead atoms. The van der Waals surface area contributed by atoms with E-state index in [-0.39, 0.29) is 24.6 Å². The highest BCUT2D eigenvalue weighted by atomic mass is 19.4. The molecule has 2 amide bonds. The van der Waals surface area contributed by atoms with Crippen LogP contribution in [0.5, 0.6) is 11.5 Å². The van der Waals surface area contributed by atoms with Gasteiger partial charge in [-0.05, 0) is 49.7 Å². The number of nitrogens with one attached hydrogen (secondary N) is 1. The number of rotatable bonds is 5. The Hall–Kier alpha value is -3.30. The summed E-state index contributed by atoms with van der Waals surface area (Å²) in [6.07, 6.45) is -5.47. The average Bonchev–Trinajstić information content (AvgIpc) is 2.65. The van der Waals surface area contributed by atoms with Crippen LogP contribution in [0.4, 0.5) is 24.7 Å². The van der Waals surface area contributed by atoms with E-state index in [9.17, 15) is 22.8 Å². The van der Waals surface area contributed by atoms with Crippen LogP contribution in [0.15, 0.2) is 36.4 Å². The predicted molar refractivity (Wildman–Crippen MR) is 97.8 cm³/mol. The molecular weight excluding hydrogens is 391 g/mol.